The average Bonchev–Trinajstić information content (AvgIpc) is 2.17. The van der Waals surface area contributed by atoms with Gasteiger partial charge in [-0.1, -0.05) is 0 Å². The zero-order valence-corrected chi connectivity index (χ0v) is 7.97. The molecule has 15 heavy (non-hydrogen) atoms. The van der Waals surface area contributed by atoms with Crippen LogP contribution in [0, 0.1) is 0 Å². The molecule has 0 saturated heterocycles. The zero-order chi connectivity index (χ0) is 11.5. The van der Waals surface area contributed by atoms with Crippen molar-refractivity contribution in [2.45, 2.75) is 13.1 Å². The molecule has 0 bridgehead atoms. The van der Waals surface area contributed by atoms with E-state index < -0.39 is 11.7 Å². The topological polar surface area (TPSA) is 26.3 Å². The van der Waals surface area contributed by atoms with Gasteiger partial charge in [0, 0.05) is 0 Å². The first-order valence-electron chi connectivity index (χ1n) is 4.28. The maximum atomic E-state index is 12.3. The first-order valence-corrected chi connectivity index (χ1v) is 4.28. The number of benzene rings is 1. The van der Waals surface area contributed by atoms with Crippen LogP contribution < -0.4 is 4.74 Å². The Kier molecular flexibility index (Phi) is 3.34. The summed E-state index contributed by atoms with van der Waals surface area (Å²) >= 11 is 0. The van der Waals surface area contributed by atoms with E-state index in [1.165, 1.54) is 0 Å². The highest BCUT2D eigenvalue weighted by atomic mass is 19.4. The Morgan fingerprint density at radius 2 is 2.07 bits per heavy atom. The zero-order valence-electron chi connectivity index (χ0n) is 7.97. The number of ether oxygens (including phenoxy) is 1. The van der Waals surface area contributed by atoms with E-state index in [0.29, 0.717) is 12.9 Å². The van der Waals surface area contributed by atoms with E-state index in [9.17, 15) is 18.0 Å². The van der Waals surface area contributed by atoms with Crippen LogP contribution in [0.4, 0.5) is 13.2 Å². The first kappa shape index (κ1) is 11.6. The summed E-state index contributed by atoms with van der Waals surface area (Å²) in [7, 11) is 0. The van der Waals surface area contributed by atoms with Crippen molar-refractivity contribution in [3.05, 3.63) is 29.3 Å². The van der Waals surface area contributed by atoms with Gasteiger partial charge in [-0.3, -0.25) is 4.79 Å². The van der Waals surface area contributed by atoms with Crippen molar-refractivity contribution in [1.82, 2.24) is 0 Å². The summed E-state index contributed by atoms with van der Waals surface area (Å²) in [6.45, 7) is 1.98. The maximum absolute atomic E-state index is 12.3. The van der Waals surface area contributed by atoms with Crippen molar-refractivity contribution in [1.29, 1.82) is 0 Å². The fourth-order valence-corrected chi connectivity index (χ4v) is 1.10. The van der Waals surface area contributed by atoms with Crippen LogP contribution in [0.5, 0.6) is 5.75 Å². The van der Waals surface area contributed by atoms with Crippen molar-refractivity contribution in [3.63, 3.8) is 0 Å². The van der Waals surface area contributed by atoms with Crippen molar-refractivity contribution < 1.29 is 22.7 Å². The van der Waals surface area contributed by atoms with Crippen LogP contribution in [-0.2, 0) is 6.18 Å². The maximum Gasteiger partial charge on any atom is 0.416 e. The smallest absolute Gasteiger partial charge is 0.416 e. The third-order valence-electron chi connectivity index (χ3n) is 1.76. The minimum absolute atomic E-state index is 0.0910. The van der Waals surface area contributed by atoms with Crippen LogP contribution >= 0.6 is 0 Å². The summed E-state index contributed by atoms with van der Waals surface area (Å²) in [6.07, 6.45) is -4.09. The highest BCUT2D eigenvalue weighted by Crippen LogP contribution is 2.31. The molecule has 0 spiro atoms. The Hall–Kier alpha value is -1.52. The Bertz CT molecular complexity index is 358. The molecular weight excluding hydrogens is 209 g/mol. The van der Waals surface area contributed by atoms with Gasteiger partial charge in [0.15, 0.2) is 6.29 Å². The van der Waals surface area contributed by atoms with Gasteiger partial charge in [0.05, 0.1) is 17.7 Å². The van der Waals surface area contributed by atoms with Gasteiger partial charge in [0.2, 0.25) is 0 Å². The number of carbonyl (C=O) groups is 1. The second-order valence-corrected chi connectivity index (χ2v) is 2.80. The molecule has 0 aliphatic carbocycles. The van der Waals surface area contributed by atoms with E-state index in [1.54, 1.807) is 6.92 Å². The molecule has 2 nitrogen and oxygen atoms in total. The first-order chi connectivity index (χ1) is 6.99. The Morgan fingerprint density at radius 1 is 1.40 bits per heavy atom. The van der Waals surface area contributed by atoms with E-state index in [4.69, 9.17) is 4.74 Å². The minimum Gasteiger partial charge on any atom is -0.493 e. The molecule has 0 fully saturated rings. The molecule has 1 aromatic carbocycles. The molecule has 1 aromatic rings. The predicted molar refractivity (Wildman–Crippen MR) is 48.0 cm³/mol. The molecule has 82 valence electrons. The standard InChI is InChI=1S/C10H9F3O2/c1-2-15-9-4-3-8(10(11,12)13)5-7(9)6-14/h3-6H,2H2,1H3. The summed E-state index contributed by atoms with van der Waals surface area (Å²) in [5, 5.41) is 0. The van der Waals surface area contributed by atoms with Gasteiger partial charge in [-0.2, -0.15) is 13.2 Å². The van der Waals surface area contributed by atoms with Gasteiger partial charge in [0.1, 0.15) is 5.75 Å². The van der Waals surface area contributed by atoms with Gasteiger partial charge < -0.3 is 4.74 Å². The lowest BCUT2D eigenvalue weighted by molar-refractivity contribution is -0.137. The van der Waals surface area contributed by atoms with E-state index in [0.717, 1.165) is 18.2 Å². The third kappa shape index (κ3) is 2.71. The number of halogens is 3. The van der Waals surface area contributed by atoms with Gasteiger partial charge >= 0.3 is 6.18 Å². The number of alkyl halides is 3. The number of aldehydes is 1. The van der Waals surface area contributed by atoms with Crippen LogP contribution in [0.25, 0.3) is 0 Å². The number of hydrogen-bond donors (Lipinski definition) is 0. The fraction of sp³-hybridized carbons (Fsp3) is 0.300. The van der Waals surface area contributed by atoms with Gasteiger partial charge in [-0.05, 0) is 25.1 Å². The predicted octanol–water partition coefficient (Wildman–Crippen LogP) is 2.92. The third-order valence-corrected chi connectivity index (χ3v) is 1.76. The molecule has 5 heteroatoms. The minimum atomic E-state index is -4.44. The largest absolute Gasteiger partial charge is 0.493 e. The second kappa shape index (κ2) is 4.33. The van der Waals surface area contributed by atoms with Crippen LogP contribution in [0.15, 0.2) is 18.2 Å². The molecule has 0 unspecified atom stereocenters. The lowest BCUT2D eigenvalue weighted by atomic mass is 10.1. The molecule has 0 saturated carbocycles. The summed E-state index contributed by atoms with van der Waals surface area (Å²) in [6, 6.07) is 2.81. The molecule has 0 atom stereocenters. The normalized spacial score (nSPS) is 11.2. The van der Waals surface area contributed by atoms with Crippen molar-refractivity contribution in [3.8, 4) is 5.75 Å². The summed E-state index contributed by atoms with van der Waals surface area (Å²) < 4.78 is 41.8. The molecule has 0 N–H and O–H groups in total. The van der Waals surface area contributed by atoms with Gasteiger partial charge in [-0.15, -0.1) is 0 Å². The van der Waals surface area contributed by atoms with Gasteiger partial charge in [0.25, 0.3) is 0 Å². The highest BCUT2D eigenvalue weighted by Gasteiger charge is 2.31. The Morgan fingerprint density at radius 3 is 2.53 bits per heavy atom. The quantitative estimate of drug-likeness (QED) is 0.729. The summed E-state index contributed by atoms with van der Waals surface area (Å²) in [5.74, 6) is 0.167. The van der Waals surface area contributed by atoms with Crippen LogP contribution in [0.2, 0.25) is 0 Å². The SMILES string of the molecule is CCOc1ccc(C(F)(F)F)cc1C=O. The number of hydrogen-bond acceptors (Lipinski definition) is 2. The molecule has 1 rings (SSSR count). The molecule has 0 amide bonds. The molecule has 0 aliphatic rings. The highest BCUT2D eigenvalue weighted by molar-refractivity contribution is 5.79. The van der Waals surface area contributed by atoms with Crippen LogP contribution in [0.1, 0.15) is 22.8 Å². The number of carbonyl (C=O) groups excluding carboxylic acids is 1. The second-order valence-electron chi connectivity index (χ2n) is 2.80. The molecular formula is C10H9F3O2. The van der Waals surface area contributed by atoms with E-state index in [-0.39, 0.29) is 11.3 Å². The van der Waals surface area contributed by atoms with Crippen molar-refractivity contribution >= 4 is 6.29 Å². The lowest BCUT2D eigenvalue weighted by Gasteiger charge is -2.10. The monoisotopic (exact) mass is 218 g/mol. The lowest BCUT2D eigenvalue weighted by Crippen LogP contribution is -2.06. The van der Waals surface area contributed by atoms with Crippen molar-refractivity contribution in [2.75, 3.05) is 6.61 Å². The van der Waals surface area contributed by atoms with E-state index >= 15 is 0 Å². The number of rotatable bonds is 3. The molecule has 0 heterocycles. The van der Waals surface area contributed by atoms with E-state index in [1.807, 2.05) is 0 Å². The Labute approximate surface area is 84.7 Å². The fourth-order valence-electron chi connectivity index (χ4n) is 1.10. The van der Waals surface area contributed by atoms with E-state index in [2.05, 4.69) is 0 Å². The summed E-state index contributed by atoms with van der Waals surface area (Å²) in [4.78, 5) is 10.5. The van der Waals surface area contributed by atoms with Crippen LogP contribution in [-0.4, -0.2) is 12.9 Å². The molecule has 0 aromatic heterocycles. The van der Waals surface area contributed by atoms with Crippen LogP contribution in [0.3, 0.4) is 0 Å². The molecule has 0 aliphatic heterocycles. The van der Waals surface area contributed by atoms with Gasteiger partial charge in [-0.25, -0.2) is 0 Å². The summed E-state index contributed by atoms with van der Waals surface area (Å²) in [5.41, 5.74) is -0.945. The van der Waals surface area contributed by atoms with Crippen molar-refractivity contribution in [2.24, 2.45) is 0 Å². The molecule has 0 radical (unpaired) electrons. The Balaban J connectivity index is 3.13. The average molecular weight is 218 g/mol.